The molecule has 20 heavy (non-hydrogen) atoms. The Labute approximate surface area is 118 Å². The molecule has 0 unspecified atom stereocenters. The monoisotopic (exact) mass is 275 g/mol. The molecule has 0 aliphatic heterocycles. The van der Waals surface area contributed by atoms with Crippen LogP contribution < -0.4 is 16.4 Å². The Morgan fingerprint density at radius 1 is 1.20 bits per heavy atom. The van der Waals surface area contributed by atoms with E-state index in [1.165, 1.54) is 0 Å². The molecule has 1 aromatic carbocycles. The highest BCUT2D eigenvalue weighted by molar-refractivity contribution is 5.93. The lowest BCUT2D eigenvalue weighted by Crippen LogP contribution is -2.28. The minimum Gasteiger partial charge on any atom is -0.380 e. The number of nitrogens with one attached hydrogen (secondary N) is 2. The van der Waals surface area contributed by atoms with Crippen LogP contribution in [0.1, 0.15) is 20.8 Å². The second-order valence-corrected chi connectivity index (χ2v) is 5.87. The number of benzene rings is 1. The quantitative estimate of drug-likeness (QED) is 0.846. The van der Waals surface area contributed by atoms with Crippen molar-refractivity contribution in [1.82, 2.24) is 4.57 Å². The van der Waals surface area contributed by atoms with Crippen LogP contribution in [0.4, 0.5) is 11.4 Å². The van der Waals surface area contributed by atoms with Crippen molar-refractivity contribution in [3.63, 3.8) is 0 Å². The molecule has 0 spiro atoms. The molecule has 0 aliphatic rings. The van der Waals surface area contributed by atoms with Gasteiger partial charge in [-0.2, -0.15) is 0 Å². The van der Waals surface area contributed by atoms with Crippen LogP contribution in [0.5, 0.6) is 0 Å². The van der Waals surface area contributed by atoms with Gasteiger partial charge in [0.05, 0.1) is 18.3 Å². The van der Waals surface area contributed by atoms with E-state index in [1.54, 1.807) is 24.8 Å². The minimum atomic E-state index is -0.121. The van der Waals surface area contributed by atoms with E-state index >= 15 is 0 Å². The maximum atomic E-state index is 12.0. The second kappa shape index (κ2) is 5.17. The molecule has 0 aliphatic carbocycles. The van der Waals surface area contributed by atoms with Crippen LogP contribution in [0.2, 0.25) is 0 Å². The highest BCUT2D eigenvalue weighted by atomic mass is 16.6. The average molecular weight is 275 g/mol. The third-order valence-electron chi connectivity index (χ3n) is 2.98. The summed E-state index contributed by atoms with van der Waals surface area (Å²) in [6.45, 7) is 6.19. The standard InChI is InChI=1S/C15H21N3O2/c1-15(2,3)16-12-9-14(19)18(4)13-7-6-10(17-20-5)8-11(12)13/h6-9,16-17H,1-5H3. The van der Waals surface area contributed by atoms with Gasteiger partial charge in [0.25, 0.3) is 5.56 Å². The summed E-state index contributed by atoms with van der Waals surface area (Å²) in [6, 6.07) is 7.38. The van der Waals surface area contributed by atoms with Crippen LogP contribution >= 0.6 is 0 Å². The Morgan fingerprint density at radius 3 is 2.50 bits per heavy atom. The number of hydrogen-bond acceptors (Lipinski definition) is 4. The maximum absolute atomic E-state index is 12.0. The molecule has 0 fully saturated rings. The molecule has 2 aromatic rings. The number of aryl methyl sites for hydroxylation is 1. The molecule has 5 heteroatoms. The zero-order valence-electron chi connectivity index (χ0n) is 12.6. The van der Waals surface area contributed by atoms with E-state index in [0.29, 0.717) is 0 Å². The van der Waals surface area contributed by atoms with Crippen LogP contribution in [-0.2, 0) is 11.9 Å². The summed E-state index contributed by atoms with van der Waals surface area (Å²) in [5, 5.41) is 4.36. The predicted octanol–water partition coefficient (Wildman–Crippen LogP) is 2.72. The Hall–Kier alpha value is -2.01. The van der Waals surface area contributed by atoms with Gasteiger partial charge in [-0.3, -0.25) is 15.1 Å². The average Bonchev–Trinajstić information content (AvgIpc) is 2.34. The fourth-order valence-electron chi connectivity index (χ4n) is 2.15. The molecule has 1 aromatic heterocycles. The number of rotatable bonds is 3. The molecule has 0 atom stereocenters. The zero-order valence-corrected chi connectivity index (χ0v) is 12.6. The minimum absolute atomic E-state index is 0.0308. The van der Waals surface area contributed by atoms with Crippen molar-refractivity contribution in [2.75, 3.05) is 17.9 Å². The first kappa shape index (κ1) is 14.4. The van der Waals surface area contributed by atoms with E-state index in [0.717, 1.165) is 22.3 Å². The number of fused-ring (bicyclic) bond motifs is 1. The van der Waals surface area contributed by atoms with Crippen LogP contribution in [0.3, 0.4) is 0 Å². The van der Waals surface area contributed by atoms with Gasteiger partial charge in [0.2, 0.25) is 0 Å². The van der Waals surface area contributed by atoms with Gasteiger partial charge >= 0.3 is 0 Å². The molecule has 2 N–H and O–H groups in total. The summed E-state index contributed by atoms with van der Waals surface area (Å²) in [5.41, 5.74) is 5.21. The fraction of sp³-hybridized carbons (Fsp3) is 0.400. The molecular formula is C15H21N3O2. The van der Waals surface area contributed by atoms with Crippen LogP contribution in [0, 0.1) is 0 Å². The molecule has 1 heterocycles. The molecular weight excluding hydrogens is 254 g/mol. The topological polar surface area (TPSA) is 55.3 Å². The highest BCUT2D eigenvalue weighted by Gasteiger charge is 2.14. The van der Waals surface area contributed by atoms with E-state index in [1.807, 2.05) is 18.2 Å². The van der Waals surface area contributed by atoms with Gasteiger partial charge in [0.15, 0.2) is 0 Å². The summed E-state index contributed by atoms with van der Waals surface area (Å²) >= 11 is 0. The number of hydrogen-bond donors (Lipinski definition) is 2. The first-order valence-electron chi connectivity index (χ1n) is 6.53. The molecule has 0 bridgehead atoms. The Balaban J connectivity index is 2.68. The van der Waals surface area contributed by atoms with E-state index in [2.05, 4.69) is 31.6 Å². The number of nitrogens with zero attached hydrogens (tertiary/aromatic N) is 1. The molecule has 0 saturated heterocycles. The molecule has 0 radical (unpaired) electrons. The van der Waals surface area contributed by atoms with Crippen molar-refractivity contribution >= 4 is 22.3 Å². The molecule has 108 valence electrons. The Bertz CT molecular complexity index is 684. The van der Waals surface area contributed by atoms with E-state index < -0.39 is 0 Å². The lowest BCUT2D eigenvalue weighted by Gasteiger charge is -2.24. The van der Waals surface area contributed by atoms with Crippen LogP contribution in [0.25, 0.3) is 10.9 Å². The summed E-state index contributed by atoms with van der Waals surface area (Å²) in [7, 11) is 3.34. The largest absolute Gasteiger partial charge is 0.380 e. The summed E-state index contributed by atoms with van der Waals surface area (Å²) < 4.78 is 1.64. The number of anilines is 2. The van der Waals surface area contributed by atoms with Crippen LogP contribution in [-0.4, -0.2) is 17.2 Å². The van der Waals surface area contributed by atoms with Gasteiger partial charge in [-0.25, -0.2) is 0 Å². The third kappa shape index (κ3) is 2.93. The van der Waals surface area contributed by atoms with Crippen molar-refractivity contribution in [2.45, 2.75) is 26.3 Å². The van der Waals surface area contributed by atoms with Crippen molar-refractivity contribution in [2.24, 2.45) is 7.05 Å². The first-order valence-corrected chi connectivity index (χ1v) is 6.53. The predicted molar refractivity (Wildman–Crippen MR) is 83.2 cm³/mol. The molecule has 5 nitrogen and oxygen atoms in total. The first-order chi connectivity index (χ1) is 9.31. The Kier molecular flexibility index (Phi) is 3.72. The van der Waals surface area contributed by atoms with Gasteiger partial charge in [0.1, 0.15) is 0 Å². The number of pyridine rings is 1. The SMILES string of the molecule is CONc1ccc2c(c1)c(NC(C)(C)C)cc(=O)n2C. The van der Waals surface area contributed by atoms with Crippen molar-refractivity contribution in [1.29, 1.82) is 0 Å². The van der Waals surface area contributed by atoms with Crippen molar-refractivity contribution in [3.05, 3.63) is 34.6 Å². The maximum Gasteiger partial charge on any atom is 0.252 e. The second-order valence-electron chi connectivity index (χ2n) is 5.87. The molecule has 0 amide bonds. The smallest absolute Gasteiger partial charge is 0.252 e. The van der Waals surface area contributed by atoms with E-state index in [4.69, 9.17) is 4.84 Å². The number of aromatic nitrogens is 1. The van der Waals surface area contributed by atoms with Gasteiger partial charge in [-0.15, -0.1) is 0 Å². The lowest BCUT2D eigenvalue weighted by atomic mass is 10.1. The molecule has 2 rings (SSSR count). The van der Waals surface area contributed by atoms with Crippen molar-refractivity contribution in [3.8, 4) is 0 Å². The lowest BCUT2D eigenvalue weighted by molar-refractivity contribution is 0.271. The fourth-order valence-corrected chi connectivity index (χ4v) is 2.15. The van der Waals surface area contributed by atoms with Gasteiger partial charge in [-0.1, -0.05) is 0 Å². The normalized spacial score (nSPS) is 11.7. The third-order valence-corrected chi connectivity index (χ3v) is 2.98. The van der Waals surface area contributed by atoms with Gasteiger partial charge in [-0.05, 0) is 39.0 Å². The summed E-state index contributed by atoms with van der Waals surface area (Å²) in [4.78, 5) is 17.0. The van der Waals surface area contributed by atoms with Gasteiger partial charge < -0.3 is 9.88 Å². The summed E-state index contributed by atoms with van der Waals surface area (Å²) in [5.74, 6) is 0. The van der Waals surface area contributed by atoms with E-state index in [-0.39, 0.29) is 11.1 Å². The van der Waals surface area contributed by atoms with E-state index in [9.17, 15) is 4.79 Å². The molecule has 0 saturated carbocycles. The van der Waals surface area contributed by atoms with Crippen LogP contribution in [0.15, 0.2) is 29.1 Å². The van der Waals surface area contributed by atoms with Gasteiger partial charge in [0, 0.05) is 29.7 Å². The Morgan fingerprint density at radius 2 is 1.90 bits per heavy atom. The highest BCUT2D eigenvalue weighted by Crippen LogP contribution is 2.26. The van der Waals surface area contributed by atoms with Crippen molar-refractivity contribution < 1.29 is 4.84 Å². The summed E-state index contributed by atoms with van der Waals surface area (Å²) in [6.07, 6.45) is 0. The zero-order chi connectivity index (χ0) is 14.9.